The van der Waals surface area contributed by atoms with Crippen molar-refractivity contribution in [3.05, 3.63) is 40.6 Å². The van der Waals surface area contributed by atoms with E-state index in [1.54, 1.807) is 29.5 Å². The van der Waals surface area contributed by atoms with E-state index in [0.717, 1.165) is 0 Å². The summed E-state index contributed by atoms with van der Waals surface area (Å²) in [5, 5.41) is 9.60. The van der Waals surface area contributed by atoms with Gasteiger partial charge in [0.15, 0.2) is 0 Å². The molecule has 6 nitrogen and oxygen atoms in total. The highest BCUT2D eigenvalue weighted by molar-refractivity contribution is 7.07. The van der Waals surface area contributed by atoms with Crippen molar-refractivity contribution in [1.82, 2.24) is 4.90 Å². The number of hydrogen-bond acceptors (Lipinski definition) is 5. The lowest BCUT2D eigenvalue weighted by atomic mass is 10.2. The zero-order chi connectivity index (χ0) is 17.5. The van der Waals surface area contributed by atoms with E-state index >= 15 is 0 Å². The largest absolute Gasteiger partial charge is 0.495 e. The molecule has 2 amide bonds. The molecule has 1 aromatic heterocycles. The van der Waals surface area contributed by atoms with Crippen LogP contribution >= 0.6 is 11.3 Å². The van der Waals surface area contributed by atoms with Crippen molar-refractivity contribution in [2.24, 2.45) is 0 Å². The third kappa shape index (κ3) is 5.36. The molecule has 1 aromatic carbocycles. The summed E-state index contributed by atoms with van der Waals surface area (Å²) in [5.74, 6) is 0.219. The lowest BCUT2D eigenvalue weighted by Crippen LogP contribution is -2.29. The highest BCUT2D eigenvalue weighted by Crippen LogP contribution is 2.27. The summed E-state index contributed by atoms with van der Waals surface area (Å²) in [4.78, 5) is 25.4. The molecule has 128 valence electrons. The van der Waals surface area contributed by atoms with Crippen LogP contribution in [-0.4, -0.2) is 37.4 Å². The van der Waals surface area contributed by atoms with Crippen LogP contribution in [0.4, 0.5) is 11.4 Å². The Kier molecular flexibility index (Phi) is 6.34. The first-order valence-corrected chi connectivity index (χ1v) is 8.37. The maximum Gasteiger partial charge on any atom is 0.238 e. The number of ether oxygens (including phenoxy) is 1. The second-order valence-corrected chi connectivity index (χ2v) is 6.23. The Balaban J connectivity index is 2.00. The number of nitrogens with one attached hydrogen (secondary N) is 2. The van der Waals surface area contributed by atoms with E-state index in [0.29, 0.717) is 23.7 Å². The summed E-state index contributed by atoms with van der Waals surface area (Å²) >= 11 is 1.64. The van der Waals surface area contributed by atoms with E-state index in [1.807, 2.05) is 23.4 Å². The quantitative estimate of drug-likeness (QED) is 0.808. The Labute approximate surface area is 145 Å². The normalized spacial score (nSPS) is 10.5. The first-order valence-electron chi connectivity index (χ1n) is 7.43. The van der Waals surface area contributed by atoms with Crippen molar-refractivity contribution in [2.75, 3.05) is 31.3 Å². The van der Waals surface area contributed by atoms with Gasteiger partial charge in [0, 0.05) is 19.2 Å². The van der Waals surface area contributed by atoms with Crippen LogP contribution in [0.25, 0.3) is 0 Å². The Morgan fingerprint density at radius 3 is 2.67 bits per heavy atom. The van der Waals surface area contributed by atoms with Crippen molar-refractivity contribution in [2.45, 2.75) is 13.5 Å². The van der Waals surface area contributed by atoms with Crippen molar-refractivity contribution < 1.29 is 14.3 Å². The van der Waals surface area contributed by atoms with Gasteiger partial charge in [0.1, 0.15) is 5.75 Å². The molecule has 1 heterocycles. The number of benzene rings is 1. The maximum atomic E-state index is 12.3. The van der Waals surface area contributed by atoms with E-state index in [2.05, 4.69) is 16.0 Å². The zero-order valence-corrected chi connectivity index (χ0v) is 14.8. The lowest BCUT2D eigenvalue weighted by Gasteiger charge is -2.17. The number of amides is 2. The minimum atomic E-state index is -0.173. The number of thiophene rings is 1. The first-order chi connectivity index (χ1) is 11.5. The number of hydrogen-bond donors (Lipinski definition) is 2. The fraction of sp³-hybridized carbons (Fsp3) is 0.294. The molecule has 0 bridgehead atoms. The number of methoxy groups -OCH3 is 1. The highest BCUT2D eigenvalue weighted by atomic mass is 32.1. The molecular formula is C17H21N3O3S. The Hall–Kier alpha value is -2.38. The van der Waals surface area contributed by atoms with E-state index in [4.69, 9.17) is 4.74 Å². The van der Waals surface area contributed by atoms with E-state index in [9.17, 15) is 9.59 Å². The van der Waals surface area contributed by atoms with Gasteiger partial charge in [-0.25, -0.2) is 0 Å². The fourth-order valence-corrected chi connectivity index (χ4v) is 2.93. The summed E-state index contributed by atoms with van der Waals surface area (Å²) < 4.78 is 5.26. The molecule has 0 fully saturated rings. The molecule has 7 heteroatoms. The highest BCUT2D eigenvalue weighted by Gasteiger charge is 2.12. The topological polar surface area (TPSA) is 70.7 Å². The van der Waals surface area contributed by atoms with Gasteiger partial charge in [0.25, 0.3) is 0 Å². The third-order valence-electron chi connectivity index (χ3n) is 3.24. The van der Waals surface area contributed by atoms with Crippen LogP contribution in [0, 0.1) is 0 Å². The number of rotatable bonds is 7. The first kappa shape index (κ1) is 18.0. The molecule has 0 aliphatic heterocycles. The minimum absolute atomic E-state index is 0.147. The Bertz CT molecular complexity index is 701. The summed E-state index contributed by atoms with van der Waals surface area (Å²) in [6.07, 6.45) is 0. The van der Waals surface area contributed by atoms with Crippen LogP contribution in [-0.2, 0) is 16.1 Å². The summed E-state index contributed by atoms with van der Waals surface area (Å²) in [7, 11) is 3.42. The van der Waals surface area contributed by atoms with Crippen molar-refractivity contribution >= 4 is 34.5 Å². The standard InChI is InChI=1S/C17H21N3O3S/c1-12(21)18-14-4-5-16(23-3)15(8-14)19-17(22)10-20(2)9-13-6-7-24-11-13/h4-8,11H,9-10H2,1-3H3,(H,18,21)(H,19,22). The molecule has 0 saturated carbocycles. The van der Waals surface area contributed by atoms with Gasteiger partial charge in [-0.3, -0.25) is 14.5 Å². The molecule has 24 heavy (non-hydrogen) atoms. The molecule has 0 aliphatic rings. The summed E-state index contributed by atoms with van der Waals surface area (Å²) in [5.41, 5.74) is 2.31. The lowest BCUT2D eigenvalue weighted by molar-refractivity contribution is -0.117. The van der Waals surface area contributed by atoms with Gasteiger partial charge >= 0.3 is 0 Å². The van der Waals surface area contributed by atoms with Gasteiger partial charge in [-0.15, -0.1) is 0 Å². The average Bonchev–Trinajstić information content (AvgIpc) is 2.99. The van der Waals surface area contributed by atoms with Crippen molar-refractivity contribution in [1.29, 1.82) is 0 Å². The van der Waals surface area contributed by atoms with Crippen LogP contribution in [0.15, 0.2) is 35.0 Å². The molecule has 0 atom stereocenters. The van der Waals surface area contributed by atoms with Crippen molar-refractivity contribution in [3.8, 4) is 5.75 Å². The van der Waals surface area contributed by atoms with Crippen molar-refractivity contribution in [3.63, 3.8) is 0 Å². The van der Waals surface area contributed by atoms with Gasteiger partial charge in [0.2, 0.25) is 11.8 Å². The Morgan fingerprint density at radius 2 is 2.04 bits per heavy atom. The van der Waals surface area contributed by atoms with Gasteiger partial charge in [-0.1, -0.05) is 0 Å². The molecule has 0 unspecified atom stereocenters. The molecular weight excluding hydrogens is 326 g/mol. The smallest absolute Gasteiger partial charge is 0.238 e. The monoisotopic (exact) mass is 347 g/mol. The Morgan fingerprint density at radius 1 is 1.25 bits per heavy atom. The second-order valence-electron chi connectivity index (χ2n) is 5.45. The van der Waals surface area contributed by atoms with Crippen LogP contribution in [0.5, 0.6) is 5.75 Å². The fourth-order valence-electron chi connectivity index (χ4n) is 2.27. The van der Waals surface area contributed by atoms with Gasteiger partial charge < -0.3 is 15.4 Å². The predicted octanol–water partition coefficient (Wildman–Crippen LogP) is 2.79. The second kappa shape index (κ2) is 8.47. The maximum absolute atomic E-state index is 12.3. The summed E-state index contributed by atoms with van der Waals surface area (Å²) in [6, 6.07) is 7.14. The zero-order valence-electron chi connectivity index (χ0n) is 14.0. The number of nitrogens with zero attached hydrogens (tertiary/aromatic N) is 1. The van der Waals surface area contributed by atoms with E-state index in [-0.39, 0.29) is 18.4 Å². The predicted molar refractivity (Wildman–Crippen MR) is 96.6 cm³/mol. The van der Waals surface area contributed by atoms with Gasteiger partial charge in [0.05, 0.1) is 19.3 Å². The number of likely N-dealkylation sites (N-methyl/N-ethyl adjacent to an activating group) is 1. The van der Waals surface area contributed by atoms with E-state index in [1.165, 1.54) is 19.6 Å². The van der Waals surface area contributed by atoms with Gasteiger partial charge in [-0.05, 0) is 47.6 Å². The number of carbonyl (C=O) groups is 2. The van der Waals surface area contributed by atoms with E-state index < -0.39 is 0 Å². The van der Waals surface area contributed by atoms with Crippen LogP contribution in [0.1, 0.15) is 12.5 Å². The number of anilines is 2. The third-order valence-corrected chi connectivity index (χ3v) is 3.97. The minimum Gasteiger partial charge on any atom is -0.495 e. The summed E-state index contributed by atoms with van der Waals surface area (Å²) in [6.45, 7) is 2.39. The van der Waals surface area contributed by atoms with Crippen LogP contribution < -0.4 is 15.4 Å². The molecule has 0 spiro atoms. The molecule has 2 aromatic rings. The van der Waals surface area contributed by atoms with Crippen LogP contribution in [0.3, 0.4) is 0 Å². The molecule has 0 aliphatic carbocycles. The number of carbonyl (C=O) groups excluding carboxylic acids is 2. The molecule has 0 saturated heterocycles. The van der Waals surface area contributed by atoms with Crippen LogP contribution in [0.2, 0.25) is 0 Å². The SMILES string of the molecule is COc1ccc(NC(C)=O)cc1NC(=O)CN(C)Cc1ccsc1. The van der Waals surface area contributed by atoms with Gasteiger partial charge in [-0.2, -0.15) is 11.3 Å². The molecule has 2 N–H and O–H groups in total. The molecule has 2 rings (SSSR count). The average molecular weight is 347 g/mol. The molecule has 0 radical (unpaired) electrons.